The van der Waals surface area contributed by atoms with Crippen LogP contribution in [0.25, 0.3) is 0 Å². The summed E-state index contributed by atoms with van der Waals surface area (Å²) >= 11 is 0. The number of esters is 2. The number of hydrogen-bond donors (Lipinski definition) is 1. The van der Waals surface area contributed by atoms with Crippen molar-refractivity contribution in [3.63, 3.8) is 0 Å². The van der Waals surface area contributed by atoms with Crippen LogP contribution < -0.4 is 19.5 Å². The number of nitrogens with zero attached hydrogens (tertiary/aromatic N) is 1. The molecule has 0 unspecified atom stereocenters. The first kappa shape index (κ1) is 32.7. The van der Waals surface area contributed by atoms with Crippen molar-refractivity contribution in [1.29, 1.82) is 0 Å². The highest BCUT2D eigenvalue weighted by atomic mass is 16.7. The van der Waals surface area contributed by atoms with Crippen LogP contribution >= 0.6 is 0 Å². The molecule has 0 saturated carbocycles. The third-order valence-corrected chi connectivity index (χ3v) is 6.53. The lowest BCUT2D eigenvalue weighted by molar-refractivity contribution is -0.163. The average Bonchev–Trinajstić information content (AvgIpc) is 3.00. The molecule has 1 aromatic heterocycles. The Morgan fingerprint density at radius 3 is 2.50 bits per heavy atom. The smallest absolute Gasteiger partial charge is 0.329 e. The summed E-state index contributed by atoms with van der Waals surface area (Å²) < 4.78 is 34.4. The Labute approximate surface area is 247 Å². The summed E-state index contributed by atoms with van der Waals surface area (Å²) in [6, 6.07) is 9.99. The highest BCUT2D eigenvalue weighted by Gasteiger charge is 2.37. The number of para-hydroxylation sites is 1. The molecule has 0 spiro atoms. The lowest BCUT2D eigenvalue weighted by Gasteiger charge is -2.32. The van der Waals surface area contributed by atoms with E-state index < -0.39 is 42.9 Å². The van der Waals surface area contributed by atoms with Gasteiger partial charge in [0.1, 0.15) is 30.1 Å². The van der Waals surface area contributed by atoms with E-state index in [0.717, 1.165) is 0 Å². The quantitative estimate of drug-likeness (QED) is 0.283. The lowest BCUT2D eigenvalue weighted by Crippen LogP contribution is -2.46. The molecular weight excluding hydrogens is 544 g/mol. The Morgan fingerprint density at radius 2 is 1.83 bits per heavy atom. The van der Waals surface area contributed by atoms with E-state index in [9.17, 15) is 14.4 Å². The Morgan fingerprint density at radius 1 is 1.10 bits per heavy atom. The molecule has 11 heteroatoms. The van der Waals surface area contributed by atoms with Crippen molar-refractivity contribution in [2.24, 2.45) is 11.8 Å². The van der Waals surface area contributed by atoms with Crippen LogP contribution in [0.2, 0.25) is 0 Å². The predicted octanol–water partition coefficient (Wildman–Crippen LogP) is 4.33. The van der Waals surface area contributed by atoms with Crippen molar-refractivity contribution in [1.82, 2.24) is 10.3 Å². The number of carbonyl (C=O) groups excluding carboxylic acids is 3. The van der Waals surface area contributed by atoms with E-state index in [2.05, 4.69) is 10.3 Å². The van der Waals surface area contributed by atoms with Crippen LogP contribution in [0.5, 0.6) is 17.2 Å². The number of nitrogens with one attached hydrogen (secondary N) is 1. The molecule has 2 heterocycles. The summed E-state index contributed by atoms with van der Waals surface area (Å²) in [4.78, 5) is 42.7. The molecule has 1 N–H and O–H groups in total. The predicted molar refractivity (Wildman–Crippen MR) is 153 cm³/mol. The van der Waals surface area contributed by atoms with E-state index in [1.54, 1.807) is 20.8 Å². The van der Waals surface area contributed by atoms with Gasteiger partial charge in [0.2, 0.25) is 6.79 Å². The molecule has 1 aliphatic rings. The van der Waals surface area contributed by atoms with E-state index in [1.165, 1.54) is 19.4 Å². The van der Waals surface area contributed by atoms with Gasteiger partial charge in [-0.25, -0.2) is 9.78 Å². The van der Waals surface area contributed by atoms with Gasteiger partial charge in [0, 0.05) is 18.9 Å². The summed E-state index contributed by atoms with van der Waals surface area (Å²) in [5.41, 5.74) is -0.126. The lowest BCUT2D eigenvalue weighted by atomic mass is 10.0. The van der Waals surface area contributed by atoms with Gasteiger partial charge in [-0.05, 0) is 44.2 Å². The summed E-state index contributed by atoms with van der Waals surface area (Å²) in [5, 5.41) is 2.74. The molecule has 0 radical (unpaired) electrons. The molecule has 3 rings (SSSR count). The van der Waals surface area contributed by atoms with Gasteiger partial charge in [0.25, 0.3) is 5.91 Å². The van der Waals surface area contributed by atoms with Crippen molar-refractivity contribution >= 4 is 17.8 Å². The minimum Gasteiger partial charge on any atom is -0.493 e. The SMILES string of the molecule is COc1ccnc(C(=O)N[C@H]2CCC[C@H](Oc3ccccc3)[C@@H](OCC(C)C)[C@H](C)OC2=O)c1OCOC(=O)C(C)C. The van der Waals surface area contributed by atoms with E-state index in [4.69, 9.17) is 28.4 Å². The fourth-order valence-corrected chi connectivity index (χ4v) is 4.35. The van der Waals surface area contributed by atoms with Crippen LogP contribution in [0.15, 0.2) is 42.6 Å². The first-order chi connectivity index (χ1) is 20.1. The van der Waals surface area contributed by atoms with Crippen molar-refractivity contribution in [2.75, 3.05) is 20.5 Å². The zero-order chi connectivity index (χ0) is 30.6. The fraction of sp³-hybridized carbons (Fsp3) is 0.548. The average molecular weight is 587 g/mol. The third kappa shape index (κ3) is 9.34. The van der Waals surface area contributed by atoms with Crippen molar-refractivity contribution in [3.8, 4) is 17.2 Å². The number of methoxy groups -OCH3 is 1. The zero-order valence-electron chi connectivity index (χ0n) is 25.2. The van der Waals surface area contributed by atoms with E-state index >= 15 is 0 Å². The number of amides is 1. The van der Waals surface area contributed by atoms with Gasteiger partial charge < -0.3 is 33.7 Å². The van der Waals surface area contributed by atoms with Crippen LogP contribution in [-0.2, 0) is 23.8 Å². The largest absolute Gasteiger partial charge is 0.493 e. The highest BCUT2D eigenvalue weighted by Crippen LogP contribution is 2.30. The minimum absolute atomic E-state index is 0.0164. The second-order valence-electron chi connectivity index (χ2n) is 10.8. The van der Waals surface area contributed by atoms with Crippen molar-refractivity contribution in [3.05, 3.63) is 48.3 Å². The first-order valence-electron chi connectivity index (χ1n) is 14.3. The number of benzene rings is 1. The molecule has 1 amide bonds. The zero-order valence-corrected chi connectivity index (χ0v) is 25.2. The van der Waals surface area contributed by atoms with Gasteiger partial charge in [-0.3, -0.25) is 9.59 Å². The van der Waals surface area contributed by atoms with Crippen molar-refractivity contribution in [2.45, 2.75) is 78.2 Å². The Hall–Kier alpha value is -3.86. The Balaban J connectivity index is 1.77. The standard InChI is InChI=1S/C31H42N2O9/c1-19(2)17-38-27-21(5)41-31(36)23(13-10-14-25(27)42-22-11-8-7-9-12-22)33-29(34)26-28(24(37-6)15-16-32-26)39-18-40-30(35)20(3)4/h7-9,11-12,15-16,19-21,23,25,27H,10,13-14,17-18H2,1-6H3,(H,33,34)/t21-,23-,25-,27-/m0/s1. The van der Waals surface area contributed by atoms with Gasteiger partial charge in [-0.2, -0.15) is 0 Å². The van der Waals surface area contributed by atoms with E-state index in [0.29, 0.717) is 31.6 Å². The first-order valence-corrected chi connectivity index (χ1v) is 14.3. The number of rotatable bonds is 12. The molecule has 11 nitrogen and oxygen atoms in total. The topological polar surface area (TPSA) is 132 Å². The third-order valence-electron chi connectivity index (χ3n) is 6.53. The second kappa shape index (κ2) is 16.0. The maximum absolute atomic E-state index is 13.4. The molecule has 0 aliphatic carbocycles. The normalized spacial score (nSPS) is 21.0. The van der Waals surface area contributed by atoms with E-state index in [1.807, 2.05) is 44.2 Å². The number of cyclic esters (lactones) is 1. The van der Waals surface area contributed by atoms with Crippen LogP contribution in [0, 0.1) is 11.8 Å². The number of hydrogen-bond acceptors (Lipinski definition) is 10. The van der Waals surface area contributed by atoms with Gasteiger partial charge in [-0.15, -0.1) is 0 Å². The van der Waals surface area contributed by atoms with Crippen molar-refractivity contribution < 1.29 is 42.8 Å². The van der Waals surface area contributed by atoms with Crippen LogP contribution in [0.4, 0.5) is 0 Å². The molecule has 1 aromatic carbocycles. The molecular formula is C31H42N2O9. The highest BCUT2D eigenvalue weighted by molar-refractivity contribution is 5.98. The molecule has 4 atom stereocenters. The van der Waals surface area contributed by atoms with Gasteiger partial charge >= 0.3 is 11.9 Å². The minimum atomic E-state index is -0.958. The number of pyridine rings is 1. The monoisotopic (exact) mass is 586 g/mol. The number of aromatic nitrogens is 1. The summed E-state index contributed by atoms with van der Waals surface area (Å²) in [7, 11) is 1.41. The molecule has 0 bridgehead atoms. The van der Waals surface area contributed by atoms with Gasteiger partial charge in [0.15, 0.2) is 17.2 Å². The molecule has 2 aromatic rings. The molecule has 1 saturated heterocycles. The fourth-order valence-electron chi connectivity index (χ4n) is 4.35. The van der Waals surface area contributed by atoms with Gasteiger partial charge in [0.05, 0.1) is 13.0 Å². The Bertz CT molecular complexity index is 1170. The maximum atomic E-state index is 13.4. The number of carbonyl (C=O) groups is 3. The Kier molecular flexibility index (Phi) is 12.4. The number of ether oxygens (including phenoxy) is 6. The molecule has 1 fully saturated rings. The van der Waals surface area contributed by atoms with Crippen LogP contribution in [0.1, 0.15) is 64.4 Å². The molecule has 230 valence electrons. The van der Waals surface area contributed by atoms with Crippen LogP contribution in [0.3, 0.4) is 0 Å². The second-order valence-corrected chi connectivity index (χ2v) is 10.8. The molecule has 1 aliphatic heterocycles. The van der Waals surface area contributed by atoms with Crippen LogP contribution in [-0.4, -0.2) is 67.7 Å². The summed E-state index contributed by atoms with van der Waals surface area (Å²) in [5.74, 6) is -0.911. The summed E-state index contributed by atoms with van der Waals surface area (Å²) in [6.07, 6.45) is 1.26. The molecule has 42 heavy (non-hydrogen) atoms. The maximum Gasteiger partial charge on any atom is 0.329 e. The van der Waals surface area contributed by atoms with E-state index in [-0.39, 0.29) is 35.1 Å². The van der Waals surface area contributed by atoms with Gasteiger partial charge in [-0.1, -0.05) is 45.9 Å². The summed E-state index contributed by atoms with van der Waals surface area (Å²) in [6.45, 7) is 9.27.